The molecule has 57 heavy (non-hydrogen) atoms. The Kier molecular flexibility index (Phi) is 12.6. The number of aliphatic hydroxyl groups is 1. The van der Waals surface area contributed by atoms with Gasteiger partial charge in [-0.25, -0.2) is 18.4 Å². The molecule has 3 aliphatic rings. The van der Waals surface area contributed by atoms with E-state index in [1.165, 1.54) is 0 Å². The van der Waals surface area contributed by atoms with Gasteiger partial charge in [-0.1, -0.05) is 71.0 Å². The highest BCUT2D eigenvalue weighted by molar-refractivity contribution is 7.13. The molecule has 2 aliphatic heterocycles. The molecule has 1 saturated carbocycles. The summed E-state index contributed by atoms with van der Waals surface area (Å²) in [6.45, 7) is 20.9. The molecule has 15 heteroatoms. The summed E-state index contributed by atoms with van der Waals surface area (Å²) in [6.07, 6.45) is 5.15. The highest BCUT2D eigenvalue weighted by Crippen LogP contribution is 2.60. The average Bonchev–Trinajstić information content (AvgIpc) is 3.66. The molecule has 314 valence electrons. The van der Waals surface area contributed by atoms with Crippen molar-refractivity contribution in [2.75, 3.05) is 32.8 Å². The van der Waals surface area contributed by atoms with E-state index < -0.39 is 43.8 Å². The molecule has 0 spiro atoms. The molecule has 0 unspecified atom stereocenters. The lowest BCUT2D eigenvalue weighted by Gasteiger charge is -2.38. The summed E-state index contributed by atoms with van der Waals surface area (Å²) in [5.41, 5.74) is 3.86. The van der Waals surface area contributed by atoms with Crippen LogP contribution in [0.2, 0.25) is 18.1 Å². The van der Waals surface area contributed by atoms with Crippen LogP contribution in [-0.2, 0) is 27.0 Å². The largest absolute Gasteiger partial charge is 0.412 e. The molecule has 2 amide bonds. The lowest BCUT2D eigenvalue weighted by Crippen LogP contribution is -2.50. The van der Waals surface area contributed by atoms with Crippen molar-refractivity contribution in [2.45, 2.75) is 136 Å². The molecule has 3 aromatic rings. The minimum absolute atomic E-state index is 0.0364. The van der Waals surface area contributed by atoms with Gasteiger partial charge in [-0.15, -0.1) is 16.4 Å². The molecular weight excluding hydrogens is 765 g/mol. The Labute approximate surface area is 342 Å². The van der Waals surface area contributed by atoms with Crippen molar-refractivity contribution in [1.82, 2.24) is 35.1 Å². The molecule has 6 rings (SSSR count). The fraction of sp³-hybridized carbons (Fsp3) is 0.690. The van der Waals surface area contributed by atoms with Gasteiger partial charge in [0.05, 0.1) is 39.9 Å². The second kappa shape index (κ2) is 16.5. The van der Waals surface area contributed by atoms with Crippen LogP contribution >= 0.6 is 11.3 Å². The summed E-state index contributed by atoms with van der Waals surface area (Å²) in [5.74, 6) is -2.73. The van der Waals surface area contributed by atoms with E-state index >= 15 is 0 Å². The number of likely N-dealkylation sites (tertiary alicyclic amines) is 2. The van der Waals surface area contributed by atoms with Gasteiger partial charge in [0, 0.05) is 38.7 Å². The Balaban J connectivity index is 1.12. The van der Waals surface area contributed by atoms with Crippen LogP contribution in [0.4, 0.5) is 8.78 Å². The Morgan fingerprint density at radius 3 is 2.33 bits per heavy atom. The summed E-state index contributed by atoms with van der Waals surface area (Å²) >= 11 is 1.60. The van der Waals surface area contributed by atoms with Crippen LogP contribution < -0.4 is 5.32 Å². The molecule has 2 aromatic heterocycles. The minimum Gasteiger partial charge on any atom is -0.412 e. The number of alkyl halides is 2. The van der Waals surface area contributed by atoms with Crippen molar-refractivity contribution in [3.05, 3.63) is 52.9 Å². The number of aromatic nitrogens is 4. The van der Waals surface area contributed by atoms with E-state index in [1.54, 1.807) is 20.9 Å². The molecule has 1 aromatic carbocycles. The van der Waals surface area contributed by atoms with Crippen LogP contribution in [-0.4, -0.2) is 106 Å². The second-order valence-corrected chi connectivity index (χ2v) is 25.1. The van der Waals surface area contributed by atoms with Gasteiger partial charge in [-0.05, 0) is 86.3 Å². The number of nitrogens with one attached hydrogen (secondary N) is 1. The van der Waals surface area contributed by atoms with E-state index in [1.807, 2.05) is 51.5 Å². The van der Waals surface area contributed by atoms with Crippen molar-refractivity contribution in [3.63, 3.8) is 0 Å². The number of hydrogen-bond donors (Lipinski definition) is 2. The quantitative estimate of drug-likeness (QED) is 0.163. The summed E-state index contributed by atoms with van der Waals surface area (Å²) < 4.78 is 36.4. The Bertz CT molecular complexity index is 1870. The first-order valence-corrected chi connectivity index (χ1v) is 24.3. The topological polar surface area (TPSA) is 126 Å². The van der Waals surface area contributed by atoms with E-state index in [-0.39, 0.29) is 35.9 Å². The smallest absolute Gasteiger partial charge is 0.258 e. The van der Waals surface area contributed by atoms with Crippen molar-refractivity contribution < 1.29 is 27.9 Å². The lowest BCUT2D eigenvalue weighted by atomic mass is 9.85. The maximum absolute atomic E-state index is 14.8. The van der Waals surface area contributed by atoms with Crippen LogP contribution in [0.15, 0.2) is 36.0 Å². The number of aryl methyl sites for hydroxylation is 2. The standard InChI is InChI=1S/C42H63F2N7O4SSi/c1-28-35(56-27-46-28)31-13-10-30(11-14-31)21-45-37(53)34-20-33(55-57(8,9)40(5,6)7)23-50(34)38(54)36(39(2,3)4)51-22-32(47-48-51)15-12-29-16-18-49(19-17-29)25-41(26-52)24-42(41,43)44/h10-11,13-14,22,27,29,33-34,36,52H,12,15-21,23-26H2,1-9H3,(H,45,53)/t33-,34+,36-,41-/m1/s1. The third-order valence-corrected chi connectivity index (χ3v) is 18.5. The van der Waals surface area contributed by atoms with Crippen molar-refractivity contribution in [1.29, 1.82) is 0 Å². The molecule has 4 heterocycles. The fourth-order valence-electron chi connectivity index (χ4n) is 8.21. The Morgan fingerprint density at radius 2 is 1.77 bits per heavy atom. The van der Waals surface area contributed by atoms with Crippen molar-refractivity contribution in [3.8, 4) is 10.4 Å². The molecule has 2 N–H and O–H groups in total. The van der Waals surface area contributed by atoms with Gasteiger partial charge in [0.2, 0.25) is 11.8 Å². The van der Waals surface area contributed by atoms with Crippen molar-refractivity contribution in [2.24, 2.45) is 16.7 Å². The van der Waals surface area contributed by atoms with Gasteiger partial charge in [-0.2, -0.15) is 0 Å². The van der Waals surface area contributed by atoms with E-state index in [9.17, 15) is 23.5 Å². The van der Waals surface area contributed by atoms with E-state index in [0.29, 0.717) is 31.8 Å². The monoisotopic (exact) mass is 827 g/mol. The molecule has 3 fully saturated rings. The van der Waals surface area contributed by atoms with Gasteiger partial charge in [0.1, 0.15) is 12.1 Å². The summed E-state index contributed by atoms with van der Waals surface area (Å²) in [7, 11) is -2.21. The van der Waals surface area contributed by atoms with Crippen LogP contribution in [0.1, 0.15) is 96.6 Å². The van der Waals surface area contributed by atoms with Crippen molar-refractivity contribution >= 4 is 31.5 Å². The number of halogens is 2. The summed E-state index contributed by atoms with van der Waals surface area (Å²) in [4.78, 5) is 38.2. The molecule has 0 bridgehead atoms. The summed E-state index contributed by atoms with van der Waals surface area (Å²) in [5, 5.41) is 21.7. The molecule has 11 nitrogen and oxygen atoms in total. The number of benzene rings is 1. The predicted molar refractivity (Wildman–Crippen MR) is 221 cm³/mol. The van der Waals surface area contributed by atoms with Gasteiger partial charge < -0.3 is 24.6 Å². The second-order valence-electron chi connectivity index (χ2n) is 19.5. The SMILES string of the molecule is Cc1ncsc1-c1ccc(CNC(=O)[C@@H]2C[C@@H](O[Si](C)(C)C(C)(C)C)CN2C(=O)[C@@H](n2cc(CCC3CCN(C[C@@]4(CO)CC4(F)F)CC3)nn2)C(C)(C)C)cc1. The Hall–Kier alpha value is -3.11. The Morgan fingerprint density at radius 1 is 1.11 bits per heavy atom. The van der Waals surface area contributed by atoms with E-state index in [0.717, 1.165) is 59.7 Å². The number of amides is 2. The molecular formula is C42H63F2N7O4SSi. The third kappa shape index (κ3) is 9.69. The molecule has 2 saturated heterocycles. The highest BCUT2D eigenvalue weighted by Gasteiger charge is 2.71. The summed E-state index contributed by atoms with van der Waals surface area (Å²) in [6, 6.07) is 6.73. The predicted octanol–water partition coefficient (Wildman–Crippen LogP) is 7.27. The first-order valence-electron chi connectivity index (χ1n) is 20.5. The molecule has 4 atom stereocenters. The van der Waals surface area contributed by atoms with Gasteiger partial charge >= 0.3 is 0 Å². The van der Waals surface area contributed by atoms with Crippen LogP contribution in [0.3, 0.4) is 0 Å². The number of carbonyl (C=O) groups is 2. The lowest BCUT2D eigenvalue weighted by molar-refractivity contribution is -0.144. The van der Waals surface area contributed by atoms with E-state index in [4.69, 9.17) is 4.43 Å². The third-order valence-electron chi connectivity index (χ3n) is 13.0. The zero-order valence-corrected chi connectivity index (χ0v) is 37.1. The van der Waals surface area contributed by atoms with Crippen LogP contribution in [0, 0.1) is 23.7 Å². The average molecular weight is 828 g/mol. The van der Waals surface area contributed by atoms with Gasteiger partial charge in [0.15, 0.2) is 8.32 Å². The van der Waals surface area contributed by atoms with Gasteiger partial charge in [0.25, 0.3) is 5.92 Å². The first kappa shape index (κ1) is 43.5. The number of nitrogens with zero attached hydrogens (tertiary/aromatic N) is 6. The number of rotatable bonds is 14. The fourth-order valence-corrected chi connectivity index (χ4v) is 10.4. The zero-order valence-electron chi connectivity index (χ0n) is 35.3. The molecule has 0 radical (unpaired) electrons. The highest BCUT2D eigenvalue weighted by atomic mass is 32.1. The van der Waals surface area contributed by atoms with Gasteiger partial charge in [-0.3, -0.25) is 9.59 Å². The van der Waals surface area contributed by atoms with Crippen LogP contribution in [0.25, 0.3) is 10.4 Å². The maximum atomic E-state index is 14.8. The number of carbonyl (C=O) groups excluding carboxylic acids is 2. The first-order chi connectivity index (χ1) is 26.6. The maximum Gasteiger partial charge on any atom is 0.258 e. The number of thiazole rings is 1. The van der Waals surface area contributed by atoms with Crippen LogP contribution in [0.5, 0.6) is 0 Å². The molecule has 1 aliphatic carbocycles. The normalized spacial score (nSPS) is 23.8. The van der Waals surface area contributed by atoms with E-state index in [2.05, 4.69) is 71.5 Å². The number of aliphatic hydroxyl groups excluding tert-OH is 1. The zero-order chi connectivity index (χ0) is 41.6. The minimum atomic E-state index is -2.77. The number of hydrogen-bond acceptors (Lipinski definition) is 9. The number of piperidine rings is 1.